The largest absolute Gasteiger partial charge is 0.481 e. The second-order valence-corrected chi connectivity index (χ2v) is 9.52. The molecule has 4 rings (SSSR count). The molecule has 2 aromatic rings. The number of nitrogens with one attached hydrogen (secondary N) is 1. The molecule has 1 saturated carbocycles. The van der Waals surface area contributed by atoms with Crippen LogP contribution in [0.25, 0.3) is 11.1 Å². The zero-order chi connectivity index (χ0) is 24.8. The number of nitrogens with zero attached hydrogens (tertiary/aromatic N) is 1. The Balaban J connectivity index is 1.24. The lowest BCUT2D eigenvalue weighted by Crippen LogP contribution is -2.35. The topological polar surface area (TPSA) is 95.9 Å². The van der Waals surface area contributed by atoms with Gasteiger partial charge < -0.3 is 20.1 Å². The summed E-state index contributed by atoms with van der Waals surface area (Å²) in [6, 6.07) is 16.5. The number of aliphatic carboxylic acids is 1. The van der Waals surface area contributed by atoms with Crippen LogP contribution >= 0.6 is 0 Å². The molecule has 2 aromatic carbocycles. The number of rotatable bonds is 10. The predicted molar refractivity (Wildman–Crippen MR) is 133 cm³/mol. The Morgan fingerprint density at radius 3 is 2.31 bits per heavy atom. The molecule has 0 aliphatic heterocycles. The number of alkyl carbamates (subject to hydrolysis) is 1. The van der Waals surface area contributed by atoms with E-state index in [9.17, 15) is 14.4 Å². The Labute approximate surface area is 206 Å². The normalized spacial score (nSPS) is 18.5. The Morgan fingerprint density at radius 1 is 1.03 bits per heavy atom. The second-order valence-electron chi connectivity index (χ2n) is 9.52. The summed E-state index contributed by atoms with van der Waals surface area (Å²) in [4.78, 5) is 37.7. The summed E-state index contributed by atoms with van der Waals surface area (Å²) in [6.07, 6.45) is 3.02. The van der Waals surface area contributed by atoms with E-state index in [2.05, 4.69) is 29.6 Å². The highest BCUT2D eigenvalue weighted by Crippen LogP contribution is 2.44. The molecule has 0 spiro atoms. The van der Waals surface area contributed by atoms with E-state index in [1.165, 1.54) is 22.3 Å². The molecule has 0 saturated heterocycles. The second kappa shape index (κ2) is 11.4. The Bertz CT molecular complexity index is 1020. The summed E-state index contributed by atoms with van der Waals surface area (Å²) in [5.41, 5.74) is 4.77. The molecule has 7 heteroatoms. The third-order valence-electron chi connectivity index (χ3n) is 7.22. The maximum Gasteiger partial charge on any atom is 0.407 e. The highest BCUT2D eigenvalue weighted by Gasteiger charge is 2.31. The molecule has 2 amide bonds. The highest BCUT2D eigenvalue weighted by atomic mass is 16.5. The summed E-state index contributed by atoms with van der Waals surface area (Å²) >= 11 is 0. The molecule has 0 heterocycles. The molecule has 186 valence electrons. The van der Waals surface area contributed by atoms with Crippen molar-refractivity contribution in [3.63, 3.8) is 0 Å². The molecule has 0 radical (unpaired) electrons. The average Bonchev–Trinajstić information content (AvgIpc) is 3.42. The number of carboxylic acid groups (broad SMARTS) is 1. The summed E-state index contributed by atoms with van der Waals surface area (Å²) in [6.45, 7) is 3.24. The van der Waals surface area contributed by atoms with Crippen molar-refractivity contribution in [2.45, 2.75) is 57.4 Å². The van der Waals surface area contributed by atoms with Crippen molar-refractivity contribution in [3.05, 3.63) is 59.7 Å². The first-order valence-electron chi connectivity index (χ1n) is 12.6. The van der Waals surface area contributed by atoms with Gasteiger partial charge in [-0.1, -0.05) is 48.5 Å². The number of carboxylic acids is 1. The number of amides is 2. The number of benzene rings is 2. The number of fused-ring (bicyclic) bond motifs is 3. The molecular weight excluding hydrogens is 444 g/mol. The van der Waals surface area contributed by atoms with Crippen LogP contribution < -0.4 is 5.32 Å². The zero-order valence-electron chi connectivity index (χ0n) is 20.2. The average molecular weight is 479 g/mol. The van der Waals surface area contributed by atoms with Crippen molar-refractivity contribution in [1.82, 2.24) is 10.2 Å². The number of hydrogen-bond acceptors (Lipinski definition) is 4. The van der Waals surface area contributed by atoms with Crippen LogP contribution in [0.4, 0.5) is 4.79 Å². The molecule has 2 N–H and O–H groups in total. The summed E-state index contributed by atoms with van der Waals surface area (Å²) < 4.78 is 5.66. The maximum atomic E-state index is 12.7. The molecule has 0 bridgehead atoms. The van der Waals surface area contributed by atoms with Crippen molar-refractivity contribution < 1.29 is 24.2 Å². The van der Waals surface area contributed by atoms with Gasteiger partial charge in [-0.05, 0) is 60.8 Å². The predicted octanol–water partition coefficient (Wildman–Crippen LogP) is 4.80. The third kappa shape index (κ3) is 6.02. The van der Waals surface area contributed by atoms with Crippen molar-refractivity contribution in [1.29, 1.82) is 0 Å². The summed E-state index contributed by atoms with van der Waals surface area (Å²) in [5, 5.41) is 11.8. The van der Waals surface area contributed by atoms with Crippen molar-refractivity contribution >= 4 is 18.0 Å². The molecule has 1 fully saturated rings. The van der Waals surface area contributed by atoms with Crippen LogP contribution in [0.5, 0.6) is 0 Å². The SMILES string of the molecule is CCN(CCCC(=O)O)C(=O)C[C@H]1CC[C@@H](NC(=O)OCC2c3ccccc3-c3ccccc32)C1. The van der Waals surface area contributed by atoms with Gasteiger partial charge in [0.25, 0.3) is 0 Å². The lowest BCUT2D eigenvalue weighted by Gasteiger charge is -2.22. The minimum Gasteiger partial charge on any atom is -0.481 e. The van der Waals surface area contributed by atoms with Gasteiger partial charge in [0.2, 0.25) is 5.91 Å². The molecule has 0 unspecified atom stereocenters. The molecule has 2 aliphatic rings. The number of ether oxygens (including phenoxy) is 1. The fourth-order valence-electron chi connectivity index (χ4n) is 5.45. The van der Waals surface area contributed by atoms with E-state index in [4.69, 9.17) is 9.84 Å². The first-order valence-corrected chi connectivity index (χ1v) is 12.6. The molecule has 7 nitrogen and oxygen atoms in total. The first-order chi connectivity index (χ1) is 17.0. The minimum absolute atomic E-state index is 0.00513. The summed E-state index contributed by atoms with van der Waals surface area (Å²) in [5.74, 6) is -0.533. The smallest absolute Gasteiger partial charge is 0.407 e. The van der Waals surface area contributed by atoms with E-state index in [1.807, 2.05) is 31.2 Å². The van der Waals surface area contributed by atoms with Crippen LogP contribution in [0.15, 0.2) is 48.5 Å². The Morgan fingerprint density at radius 2 is 1.69 bits per heavy atom. The van der Waals surface area contributed by atoms with Crippen LogP contribution in [0, 0.1) is 5.92 Å². The van der Waals surface area contributed by atoms with Gasteiger partial charge >= 0.3 is 12.1 Å². The number of hydrogen-bond donors (Lipinski definition) is 2. The van der Waals surface area contributed by atoms with Crippen molar-refractivity contribution in [3.8, 4) is 11.1 Å². The third-order valence-corrected chi connectivity index (χ3v) is 7.22. The van der Waals surface area contributed by atoms with E-state index >= 15 is 0 Å². The van der Waals surface area contributed by atoms with Gasteiger partial charge in [0.15, 0.2) is 0 Å². The van der Waals surface area contributed by atoms with E-state index in [0.29, 0.717) is 25.9 Å². The fourth-order valence-corrected chi connectivity index (χ4v) is 5.45. The van der Waals surface area contributed by atoms with E-state index in [-0.39, 0.29) is 36.8 Å². The van der Waals surface area contributed by atoms with Gasteiger partial charge in [0.05, 0.1) is 0 Å². The monoisotopic (exact) mass is 478 g/mol. The van der Waals surface area contributed by atoms with Crippen LogP contribution in [0.3, 0.4) is 0 Å². The molecule has 35 heavy (non-hydrogen) atoms. The lowest BCUT2D eigenvalue weighted by molar-refractivity contribution is -0.138. The standard InChI is InChI=1S/C28H34N2O5/c1-2-30(15-7-12-27(32)33)26(31)17-19-13-14-20(16-19)29-28(34)35-18-25-23-10-5-3-8-21(23)22-9-4-6-11-24(22)25/h3-6,8-11,19-20,25H,2,7,12-18H2,1H3,(H,29,34)(H,32,33)/t19-,20+/m0/s1. The molecule has 2 atom stereocenters. The number of carbonyl (C=O) groups is 3. The van der Waals surface area contributed by atoms with Gasteiger partial charge in [0, 0.05) is 37.9 Å². The van der Waals surface area contributed by atoms with E-state index in [1.54, 1.807) is 4.90 Å². The van der Waals surface area contributed by atoms with Gasteiger partial charge in [-0.3, -0.25) is 9.59 Å². The van der Waals surface area contributed by atoms with Crippen LogP contribution in [0.2, 0.25) is 0 Å². The Kier molecular flexibility index (Phi) is 8.06. The van der Waals surface area contributed by atoms with Crippen molar-refractivity contribution in [2.75, 3.05) is 19.7 Å². The van der Waals surface area contributed by atoms with Crippen molar-refractivity contribution in [2.24, 2.45) is 5.92 Å². The lowest BCUT2D eigenvalue weighted by atomic mass is 9.98. The quantitative estimate of drug-likeness (QED) is 0.512. The minimum atomic E-state index is -0.841. The molecule has 2 aliphatic carbocycles. The van der Waals surface area contributed by atoms with E-state index in [0.717, 1.165) is 19.3 Å². The Hall–Kier alpha value is -3.35. The van der Waals surface area contributed by atoms with Crippen LogP contribution in [-0.4, -0.2) is 53.7 Å². The van der Waals surface area contributed by atoms with Crippen LogP contribution in [-0.2, 0) is 14.3 Å². The number of carbonyl (C=O) groups excluding carboxylic acids is 2. The van der Waals surface area contributed by atoms with Gasteiger partial charge in [0.1, 0.15) is 6.61 Å². The molecule has 0 aromatic heterocycles. The summed E-state index contributed by atoms with van der Waals surface area (Å²) in [7, 11) is 0. The molecular formula is C28H34N2O5. The zero-order valence-corrected chi connectivity index (χ0v) is 20.2. The maximum absolute atomic E-state index is 12.7. The van der Waals surface area contributed by atoms with Gasteiger partial charge in [-0.15, -0.1) is 0 Å². The van der Waals surface area contributed by atoms with Gasteiger partial charge in [-0.25, -0.2) is 4.79 Å². The van der Waals surface area contributed by atoms with Crippen LogP contribution in [0.1, 0.15) is 62.5 Å². The first kappa shape index (κ1) is 24.8. The highest BCUT2D eigenvalue weighted by molar-refractivity contribution is 5.79. The van der Waals surface area contributed by atoms with E-state index < -0.39 is 12.1 Å². The van der Waals surface area contributed by atoms with Gasteiger partial charge in [-0.2, -0.15) is 0 Å². The fraction of sp³-hybridized carbons (Fsp3) is 0.464.